The highest BCUT2D eigenvalue weighted by atomic mass is 32.2. The summed E-state index contributed by atoms with van der Waals surface area (Å²) in [6.07, 6.45) is 0.666. The second-order valence-electron chi connectivity index (χ2n) is 6.46. The Hall–Kier alpha value is -2.17. The minimum absolute atomic E-state index is 0. The van der Waals surface area contributed by atoms with Crippen molar-refractivity contribution < 1.29 is 31.5 Å². The Labute approximate surface area is 174 Å². The second kappa shape index (κ2) is 9.55. The summed E-state index contributed by atoms with van der Waals surface area (Å²) < 4.78 is 62.1. The fourth-order valence-corrected chi connectivity index (χ4v) is 4.60. The van der Waals surface area contributed by atoms with E-state index in [1.54, 1.807) is 0 Å². The third-order valence-corrected chi connectivity index (χ3v) is 6.31. The number of carbonyl (C=O) groups is 1. The van der Waals surface area contributed by atoms with Gasteiger partial charge in [0.05, 0.1) is 29.9 Å². The third kappa shape index (κ3) is 5.46. The van der Waals surface area contributed by atoms with Crippen molar-refractivity contribution in [3.8, 4) is 5.75 Å². The van der Waals surface area contributed by atoms with E-state index in [1.165, 1.54) is 31.4 Å². The van der Waals surface area contributed by atoms with E-state index in [0.29, 0.717) is 19.6 Å². The van der Waals surface area contributed by atoms with Crippen LogP contribution < -0.4 is 10.1 Å². The smallest absolute Gasteiger partial charge is 0.259 e. The SMILES string of the molecule is COc1ccc(S(=O)(=O)C[C@H]2CCOC2)cc1C(=O)Nc1ccc(F)c(F)c1.S. The molecule has 1 saturated heterocycles. The maximum absolute atomic E-state index is 13.4. The molecule has 1 atom stereocenters. The first kappa shape index (κ1) is 23.1. The lowest BCUT2D eigenvalue weighted by molar-refractivity contribution is 0.102. The van der Waals surface area contributed by atoms with E-state index in [0.717, 1.165) is 12.1 Å². The fraction of sp³-hybridized carbons (Fsp3) is 0.316. The van der Waals surface area contributed by atoms with Gasteiger partial charge in [0.2, 0.25) is 0 Å². The minimum Gasteiger partial charge on any atom is -0.496 e. The number of benzene rings is 2. The van der Waals surface area contributed by atoms with Gasteiger partial charge in [0.25, 0.3) is 5.91 Å². The zero-order chi connectivity index (χ0) is 20.3. The van der Waals surface area contributed by atoms with Crippen LogP contribution in [0.3, 0.4) is 0 Å². The topological polar surface area (TPSA) is 81.7 Å². The lowest BCUT2D eigenvalue weighted by Gasteiger charge is -2.13. The number of anilines is 1. The number of carbonyl (C=O) groups excluding carboxylic acids is 1. The van der Waals surface area contributed by atoms with Gasteiger partial charge in [0.15, 0.2) is 21.5 Å². The molecule has 0 saturated carbocycles. The van der Waals surface area contributed by atoms with E-state index in [9.17, 15) is 22.0 Å². The molecule has 0 aliphatic carbocycles. The number of sulfone groups is 1. The molecule has 2 aromatic carbocycles. The molecule has 1 aliphatic heterocycles. The predicted octanol–water partition coefficient (Wildman–Crippen LogP) is 3.15. The molecule has 0 aromatic heterocycles. The molecule has 1 fully saturated rings. The van der Waals surface area contributed by atoms with Gasteiger partial charge < -0.3 is 14.8 Å². The first-order valence-electron chi connectivity index (χ1n) is 8.55. The number of ether oxygens (including phenoxy) is 2. The monoisotopic (exact) mass is 445 g/mol. The molecule has 1 N–H and O–H groups in total. The van der Waals surface area contributed by atoms with E-state index in [4.69, 9.17) is 9.47 Å². The van der Waals surface area contributed by atoms with Gasteiger partial charge in [-0.25, -0.2) is 17.2 Å². The number of hydrogen-bond donors (Lipinski definition) is 1. The molecule has 2 aromatic rings. The van der Waals surface area contributed by atoms with Crippen LogP contribution in [0.5, 0.6) is 5.75 Å². The third-order valence-electron chi connectivity index (χ3n) is 4.43. The first-order valence-corrected chi connectivity index (χ1v) is 10.2. The molecule has 6 nitrogen and oxygen atoms in total. The number of rotatable bonds is 6. The van der Waals surface area contributed by atoms with Crippen molar-refractivity contribution in [2.45, 2.75) is 11.3 Å². The van der Waals surface area contributed by atoms with Crippen molar-refractivity contribution in [1.82, 2.24) is 0 Å². The summed E-state index contributed by atoms with van der Waals surface area (Å²) in [6, 6.07) is 6.90. The quantitative estimate of drug-likeness (QED) is 0.739. The molecule has 158 valence electrons. The molecule has 0 radical (unpaired) electrons. The molecule has 0 bridgehead atoms. The molecule has 1 amide bonds. The normalized spacial score (nSPS) is 16.2. The minimum atomic E-state index is -3.64. The zero-order valence-electron chi connectivity index (χ0n) is 15.6. The second-order valence-corrected chi connectivity index (χ2v) is 8.49. The van der Waals surface area contributed by atoms with Gasteiger partial charge in [0.1, 0.15) is 5.75 Å². The van der Waals surface area contributed by atoms with Crippen LogP contribution in [0.1, 0.15) is 16.8 Å². The maximum Gasteiger partial charge on any atom is 0.259 e. The summed E-state index contributed by atoms with van der Waals surface area (Å²) in [4.78, 5) is 12.6. The predicted molar refractivity (Wildman–Crippen MR) is 109 cm³/mol. The Balaban J connectivity index is 0.00000300. The van der Waals surface area contributed by atoms with Crippen LogP contribution in [-0.2, 0) is 14.6 Å². The number of amides is 1. The van der Waals surface area contributed by atoms with Gasteiger partial charge in [-0.15, -0.1) is 0 Å². The van der Waals surface area contributed by atoms with Crippen molar-refractivity contribution in [3.63, 3.8) is 0 Å². The Bertz CT molecular complexity index is 992. The average Bonchev–Trinajstić information content (AvgIpc) is 3.16. The van der Waals surface area contributed by atoms with E-state index in [2.05, 4.69) is 5.32 Å². The van der Waals surface area contributed by atoms with Crippen LogP contribution in [0.4, 0.5) is 14.5 Å². The van der Waals surface area contributed by atoms with Crippen LogP contribution in [0.15, 0.2) is 41.3 Å². The Morgan fingerprint density at radius 1 is 1.21 bits per heavy atom. The highest BCUT2D eigenvalue weighted by molar-refractivity contribution is 7.91. The van der Waals surface area contributed by atoms with Crippen molar-refractivity contribution >= 4 is 34.9 Å². The lowest BCUT2D eigenvalue weighted by Crippen LogP contribution is -2.18. The fourth-order valence-electron chi connectivity index (χ4n) is 2.95. The average molecular weight is 446 g/mol. The maximum atomic E-state index is 13.4. The molecule has 29 heavy (non-hydrogen) atoms. The highest BCUT2D eigenvalue weighted by Gasteiger charge is 2.26. The Morgan fingerprint density at radius 2 is 1.97 bits per heavy atom. The van der Waals surface area contributed by atoms with E-state index >= 15 is 0 Å². The summed E-state index contributed by atoms with van der Waals surface area (Å²) in [5.74, 6) is -2.87. The number of halogens is 2. The highest BCUT2D eigenvalue weighted by Crippen LogP contribution is 2.26. The van der Waals surface area contributed by atoms with Gasteiger partial charge in [-0.1, -0.05) is 0 Å². The summed E-state index contributed by atoms with van der Waals surface area (Å²) in [5.41, 5.74) is -0.00158. The van der Waals surface area contributed by atoms with Crippen molar-refractivity contribution in [3.05, 3.63) is 53.6 Å². The summed E-state index contributed by atoms with van der Waals surface area (Å²) >= 11 is 0. The van der Waals surface area contributed by atoms with Gasteiger partial charge >= 0.3 is 0 Å². The molecule has 3 rings (SSSR count). The van der Waals surface area contributed by atoms with E-state index < -0.39 is 27.4 Å². The van der Waals surface area contributed by atoms with E-state index in [-0.39, 0.29) is 47.1 Å². The molecule has 1 aliphatic rings. The van der Waals surface area contributed by atoms with Crippen molar-refractivity contribution in [2.75, 3.05) is 31.4 Å². The largest absolute Gasteiger partial charge is 0.496 e. The van der Waals surface area contributed by atoms with Crippen LogP contribution in [-0.4, -0.2) is 40.4 Å². The molecule has 0 spiro atoms. The summed E-state index contributed by atoms with van der Waals surface area (Å²) in [6.45, 7) is 0.920. The van der Waals surface area contributed by atoms with Gasteiger partial charge in [-0.2, -0.15) is 13.5 Å². The van der Waals surface area contributed by atoms with Gasteiger partial charge in [0, 0.05) is 18.4 Å². The van der Waals surface area contributed by atoms with Crippen LogP contribution >= 0.6 is 13.5 Å². The zero-order valence-corrected chi connectivity index (χ0v) is 17.4. The lowest BCUT2D eigenvalue weighted by atomic mass is 10.1. The standard InChI is InChI=1S/C19H19F2NO5S.H2S/c1-26-18-5-3-14(28(24,25)11-12-6-7-27-10-12)9-15(18)19(23)22-13-2-4-16(20)17(21)8-13;/h2-5,8-9,12H,6-7,10-11H2,1H3,(H,22,23);1H2/t12-;/m0./s1. The molecular weight excluding hydrogens is 424 g/mol. The number of nitrogens with one attached hydrogen (secondary N) is 1. The van der Waals surface area contributed by atoms with Crippen LogP contribution in [0.25, 0.3) is 0 Å². The summed E-state index contributed by atoms with van der Waals surface area (Å²) in [7, 11) is -2.29. The summed E-state index contributed by atoms with van der Waals surface area (Å²) in [5, 5.41) is 2.41. The van der Waals surface area contributed by atoms with Crippen LogP contribution in [0.2, 0.25) is 0 Å². The molecule has 0 unspecified atom stereocenters. The first-order chi connectivity index (χ1) is 13.3. The van der Waals surface area contributed by atoms with Crippen molar-refractivity contribution in [2.24, 2.45) is 5.92 Å². The molecule has 10 heteroatoms. The molecular formula is C19H21F2NO5S2. The van der Waals surface area contributed by atoms with Gasteiger partial charge in [-0.05, 0) is 42.7 Å². The number of hydrogen-bond acceptors (Lipinski definition) is 5. The Morgan fingerprint density at radius 3 is 2.59 bits per heavy atom. The molecule has 1 heterocycles. The van der Waals surface area contributed by atoms with Gasteiger partial charge in [-0.3, -0.25) is 4.79 Å². The van der Waals surface area contributed by atoms with Crippen LogP contribution in [0, 0.1) is 17.6 Å². The Kier molecular flexibility index (Phi) is 7.61. The van der Waals surface area contributed by atoms with E-state index in [1.807, 2.05) is 0 Å². The number of methoxy groups -OCH3 is 1. The van der Waals surface area contributed by atoms with Crippen molar-refractivity contribution in [1.29, 1.82) is 0 Å².